The molecule has 3 aromatic rings. The zero-order valence-corrected chi connectivity index (χ0v) is 17.4. The molecular formula is C23H22F2N4O3. The normalized spacial score (nSPS) is 10.6. The van der Waals surface area contributed by atoms with Gasteiger partial charge in [-0.25, -0.2) is 13.8 Å². The lowest BCUT2D eigenvalue weighted by molar-refractivity contribution is -0.116. The average molecular weight is 440 g/mol. The van der Waals surface area contributed by atoms with Gasteiger partial charge < -0.3 is 15.6 Å². The molecule has 7 nitrogen and oxygen atoms in total. The molecule has 2 amide bonds. The van der Waals surface area contributed by atoms with Crippen molar-refractivity contribution in [2.45, 2.75) is 26.2 Å². The van der Waals surface area contributed by atoms with Gasteiger partial charge in [0, 0.05) is 42.0 Å². The quantitative estimate of drug-likeness (QED) is 0.467. The first-order chi connectivity index (χ1) is 15.4. The molecule has 0 saturated carbocycles. The van der Waals surface area contributed by atoms with Crippen molar-refractivity contribution in [2.24, 2.45) is 0 Å². The van der Waals surface area contributed by atoms with E-state index in [1.807, 2.05) is 6.92 Å². The Kier molecular flexibility index (Phi) is 7.43. The highest BCUT2D eigenvalue weighted by atomic mass is 19.1. The molecule has 0 aliphatic heterocycles. The number of carbonyl (C=O) groups is 2. The van der Waals surface area contributed by atoms with E-state index in [2.05, 4.69) is 20.6 Å². The number of benzene rings is 2. The number of nitrogens with one attached hydrogen (secondary N) is 3. The van der Waals surface area contributed by atoms with Crippen molar-refractivity contribution in [1.82, 2.24) is 15.3 Å². The summed E-state index contributed by atoms with van der Waals surface area (Å²) in [5.41, 5.74) is 1.36. The maximum Gasteiger partial charge on any atom is 0.254 e. The van der Waals surface area contributed by atoms with E-state index in [0.717, 1.165) is 12.1 Å². The summed E-state index contributed by atoms with van der Waals surface area (Å²) >= 11 is 0. The number of rotatable bonds is 8. The van der Waals surface area contributed by atoms with Gasteiger partial charge in [0.25, 0.3) is 11.5 Å². The van der Waals surface area contributed by atoms with Crippen LogP contribution in [0.1, 0.15) is 35.8 Å². The molecule has 2 aromatic carbocycles. The van der Waals surface area contributed by atoms with Crippen LogP contribution in [0.15, 0.2) is 53.3 Å². The Morgan fingerprint density at radius 2 is 1.91 bits per heavy atom. The van der Waals surface area contributed by atoms with Crippen LogP contribution in [0.3, 0.4) is 0 Å². The first-order valence-electron chi connectivity index (χ1n) is 10.1. The zero-order chi connectivity index (χ0) is 23.1. The molecule has 0 aliphatic rings. The minimum atomic E-state index is -0.944. The van der Waals surface area contributed by atoms with Crippen molar-refractivity contribution >= 4 is 17.5 Å². The van der Waals surface area contributed by atoms with Crippen molar-refractivity contribution in [3.8, 4) is 11.4 Å². The van der Waals surface area contributed by atoms with Gasteiger partial charge in [-0.1, -0.05) is 19.1 Å². The third-order valence-electron chi connectivity index (χ3n) is 4.62. The molecule has 1 heterocycles. The van der Waals surface area contributed by atoms with Gasteiger partial charge in [-0.2, -0.15) is 0 Å². The van der Waals surface area contributed by atoms with E-state index in [1.54, 1.807) is 24.3 Å². The van der Waals surface area contributed by atoms with E-state index in [0.29, 0.717) is 41.7 Å². The molecule has 0 radical (unpaired) electrons. The molecule has 0 spiro atoms. The first-order valence-corrected chi connectivity index (χ1v) is 10.1. The van der Waals surface area contributed by atoms with E-state index in [4.69, 9.17) is 0 Å². The fourth-order valence-electron chi connectivity index (χ4n) is 3.01. The molecule has 32 heavy (non-hydrogen) atoms. The fraction of sp³-hybridized carbons (Fsp3) is 0.217. The van der Waals surface area contributed by atoms with Gasteiger partial charge in [-0.05, 0) is 37.1 Å². The maximum atomic E-state index is 13.6. The molecule has 3 rings (SSSR count). The lowest BCUT2D eigenvalue weighted by Crippen LogP contribution is -2.26. The van der Waals surface area contributed by atoms with E-state index in [-0.39, 0.29) is 30.0 Å². The molecule has 1 aromatic heterocycles. The second kappa shape index (κ2) is 10.4. The Labute approximate surface area is 182 Å². The number of amides is 2. The van der Waals surface area contributed by atoms with Crippen LogP contribution in [0.4, 0.5) is 14.5 Å². The number of hydrogen-bond acceptors (Lipinski definition) is 4. The molecule has 0 fully saturated rings. The minimum Gasteiger partial charge on any atom is -0.352 e. The van der Waals surface area contributed by atoms with Crippen LogP contribution in [0.2, 0.25) is 0 Å². The van der Waals surface area contributed by atoms with Gasteiger partial charge in [-0.3, -0.25) is 14.4 Å². The highest BCUT2D eigenvalue weighted by Gasteiger charge is 2.12. The van der Waals surface area contributed by atoms with Gasteiger partial charge in [-0.15, -0.1) is 0 Å². The number of aromatic amines is 1. The minimum absolute atomic E-state index is 0.122. The maximum absolute atomic E-state index is 13.6. The average Bonchev–Trinajstić information content (AvgIpc) is 2.76. The number of aryl methyl sites for hydroxylation is 1. The number of aromatic nitrogens is 2. The topological polar surface area (TPSA) is 104 Å². The van der Waals surface area contributed by atoms with E-state index >= 15 is 0 Å². The molecule has 9 heteroatoms. The SMILES string of the molecule is CCc1cc(=O)[nH]c(-c2cccc(NC(=O)CCCNC(=O)c3ccc(F)cc3F)c2)n1. The Hall–Kier alpha value is -3.88. The summed E-state index contributed by atoms with van der Waals surface area (Å²) in [6.45, 7) is 2.05. The molecule has 0 bridgehead atoms. The Bertz CT molecular complexity index is 1190. The molecule has 0 atom stereocenters. The molecule has 3 N–H and O–H groups in total. The number of anilines is 1. The number of nitrogens with zero attached hydrogens (tertiary/aromatic N) is 1. The summed E-state index contributed by atoms with van der Waals surface area (Å²) in [6.07, 6.45) is 1.07. The van der Waals surface area contributed by atoms with Crippen molar-refractivity contribution in [3.63, 3.8) is 0 Å². The van der Waals surface area contributed by atoms with Crippen LogP contribution in [0, 0.1) is 11.6 Å². The Morgan fingerprint density at radius 3 is 2.66 bits per heavy atom. The van der Waals surface area contributed by atoms with Crippen LogP contribution in [0.25, 0.3) is 11.4 Å². The predicted octanol–water partition coefficient (Wildman–Crippen LogP) is 3.43. The summed E-state index contributed by atoms with van der Waals surface area (Å²) in [4.78, 5) is 43.0. The smallest absolute Gasteiger partial charge is 0.254 e. The first kappa shape index (κ1) is 22.8. The highest BCUT2D eigenvalue weighted by molar-refractivity contribution is 5.94. The zero-order valence-electron chi connectivity index (χ0n) is 17.4. The number of H-pyrrole nitrogens is 1. The fourth-order valence-corrected chi connectivity index (χ4v) is 3.01. The second-order valence-electron chi connectivity index (χ2n) is 7.05. The number of halogens is 2. The van der Waals surface area contributed by atoms with Crippen LogP contribution in [-0.2, 0) is 11.2 Å². The Balaban J connectivity index is 1.52. The third kappa shape index (κ3) is 6.07. The van der Waals surface area contributed by atoms with Crippen LogP contribution < -0.4 is 16.2 Å². The van der Waals surface area contributed by atoms with E-state index in [9.17, 15) is 23.2 Å². The van der Waals surface area contributed by atoms with Gasteiger partial charge >= 0.3 is 0 Å². The molecule has 0 aliphatic carbocycles. The highest BCUT2D eigenvalue weighted by Crippen LogP contribution is 2.19. The largest absolute Gasteiger partial charge is 0.352 e. The predicted molar refractivity (Wildman–Crippen MR) is 116 cm³/mol. The lowest BCUT2D eigenvalue weighted by atomic mass is 10.1. The Morgan fingerprint density at radius 1 is 1.09 bits per heavy atom. The van der Waals surface area contributed by atoms with Crippen molar-refractivity contribution in [3.05, 3.63) is 81.8 Å². The number of carbonyl (C=O) groups excluding carboxylic acids is 2. The van der Waals surface area contributed by atoms with Crippen molar-refractivity contribution in [1.29, 1.82) is 0 Å². The molecule has 0 unspecified atom stereocenters. The monoisotopic (exact) mass is 440 g/mol. The van der Waals surface area contributed by atoms with Gasteiger partial charge in [0.05, 0.1) is 5.56 Å². The number of hydrogen-bond donors (Lipinski definition) is 3. The summed E-state index contributed by atoms with van der Waals surface area (Å²) in [7, 11) is 0. The second-order valence-corrected chi connectivity index (χ2v) is 7.05. The molecule has 166 valence electrons. The summed E-state index contributed by atoms with van der Waals surface area (Å²) in [5.74, 6) is -2.24. The summed E-state index contributed by atoms with van der Waals surface area (Å²) in [5, 5.41) is 5.26. The van der Waals surface area contributed by atoms with Crippen LogP contribution in [0.5, 0.6) is 0 Å². The van der Waals surface area contributed by atoms with Crippen molar-refractivity contribution in [2.75, 3.05) is 11.9 Å². The van der Waals surface area contributed by atoms with E-state index < -0.39 is 17.5 Å². The van der Waals surface area contributed by atoms with Gasteiger partial charge in [0.2, 0.25) is 5.91 Å². The van der Waals surface area contributed by atoms with Crippen LogP contribution in [-0.4, -0.2) is 28.3 Å². The summed E-state index contributed by atoms with van der Waals surface area (Å²) < 4.78 is 26.5. The van der Waals surface area contributed by atoms with Gasteiger partial charge in [0.15, 0.2) is 0 Å². The molecule has 0 saturated heterocycles. The van der Waals surface area contributed by atoms with E-state index in [1.165, 1.54) is 6.07 Å². The van der Waals surface area contributed by atoms with Crippen LogP contribution >= 0.6 is 0 Å². The lowest BCUT2D eigenvalue weighted by Gasteiger charge is -2.09. The van der Waals surface area contributed by atoms with Gasteiger partial charge in [0.1, 0.15) is 17.5 Å². The standard InChI is InChI=1S/C23H22F2N4O3/c1-2-16-13-21(31)29-22(28-16)14-5-3-6-17(11-14)27-20(30)7-4-10-26-23(32)18-9-8-15(24)12-19(18)25/h3,5-6,8-9,11-13H,2,4,7,10H2,1H3,(H,26,32)(H,27,30)(H,28,29,31). The molecular weight excluding hydrogens is 418 g/mol. The van der Waals surface area contributed by atoms with Crippen molar-refractivity contribution < 1.29 is 18.4 Å². The third-order valence-corrected chi connectivity index (χ3v) is 4.62. The summed E-state index contributed by atoms with van der Waals surface area (Å²) in [6, 6.07) is 11.1.